The predicted molar refractivity (Wildman–Crippen MR) is 94.5 cm³/mol. The number of ether oxygens (including phenoxy) is 1. The zero-order chi connectivity index (χ0) is 19.1. The first-order valence-corrected chi connectivity index (χ1v) is 9.95. The van der Waals surface area contributed by atoms with Crippen LogP contribution in [0.25, 0.3) is 0 Å². The summed E-state index contributed by atoms with van der Waals surface area (Å²) in [6.45, 7) is 5.15. The Morgan fingerprint density at radius 1 is 1.27 bits per heavy atom. The van der Waals surface area contributed by atoms with Crippen LogP contribution in [0.15, 0.2) is 23.1 Å². The third kappa shape index (κ3) is 3.22. The number of carbonyl (C=O) groups is 2. The van der Waals surface area contributed by atoms with Crippen molar-refractivity contribution in [2.75, 3.05) is 33.4 Å². The molecule has 142 valence electrons. The Balaban J connectivity index is 1.91. The van der Waals surface area contributed by atoms with E-state index in [0.717, 1.165) is 4.31 Å². The van der Waals surface area contributed by atoms with Crippen molar-refractivity contribution in [1.82, 2.24) is 14.5 Å². The van der Waals surface area contributed by atoms with E-state index >= 15 is 0 Å². The molecule has 1 aromatic rings. The summed E-state index contributed by atoms with van der Waals surface area (Å²) in [5.74, 6) is -0.813. The number of amides is 2. The molecule has 1 N–H and O–H groups in total. The Bertz CT molecular complexity index is 829. The summed E-state index contributed by atoms with van der Waals surface area (Å²) in [5, 5.41) is 3.35. The molecule has 2 aliphatic heterocycles. The Labute approximate surface area is 153 Å². The highest BCUT2D eigenvalue weighted by atomic mass is 32.2. The number of nitrogens with one attached hydrogen (secondary N) is 1. The van der Waals surface area contributed by atoms with Crippen molar-refractivity contribution in [3.63, 3.8) is 0 Å². The normalized spacial score (nSPS) is 24.7. The minimum absolute atomic E-state index is 0.0531. The van der Waals surface area contributed by atoms with Gasteiger partial charge in [0.05, 0.1) is 18.7 Å². The molecule has 0 aliphatic carbocycles. The van der Waals surface area contributed by atoms with Crippen LogP contribution in [0, 0.1) is 0 Å². The van der Waals surface area contributed by atoms with Gasteiger partial charge in [0.15, 0.2) is 0 Å². The van der Waals surface area contributed by atoms with Gasteiger partial charge in [-0.2, -0.15) is 0 Å². The van der Waals surface area contributed by atoms with Gasteiger partial charge in [-0.1, -0.05) is 0 Å². The summed E-state index contributed by atoms with van der Waals surface area (Å²) < 4.78 is 31.0. The maximum absolute atomic E-state index is 12.8. The summed E-state index contributed by atoms with van der Waals surface area (Å²) in [5.41, 5.74) is 0.370. The van der Waals surface area contributed by atoms with Crippen molar-refractivity contribution in [2.45, 2.75) is 30.8 Å². The van der Waals surface area contributed by atoms with Crippen LogP contribution >= 0.6 is 0 Å². The molecule has 0 spiro atoms. The van der Waals surface area contributed by atoms with Crippen LogP contribution in [0.5, 0.6) is 0 Å². The first kappa shape index (κ1) is 18.8. The van der Waals surface area contributed by atoms with E-state index < -0.39 is 15.9 Å². The zero-order valence-corrected chi connectivity index (χ0v) is 15.9. The highest BCUT2D eigenvalue weighted by molar-refractivity contribution is 7.90. The van der Waals surface area contributed by atoms with Crippen molar-refractivity contribution in [1.29, 1.82) is 0 Å². The minimum atomic E-state index is -3.96. The second kappa shape index (κ2) is 6.98. The number of rotatable bonds is 4. The Morgan fingerprint density at radius 3 is 2.54 bits per heavy atom. The zero-order valence-electron chi connectivity index (χ0n) is 15.1. The fourth-order valence-corrected chi connectivity index (χ4v) is 5.06. The van der Waals surface area contributed by atoms with Gasteiger partial charge in [-0.25, -0.2) is 12.7 Å². The summed E-state index contributed by atoms with van der Waals surface area (Å²) in [7, 11) is -2.52. The van der Waals surface area contributed by atoms with Gasteiger partial charge in [0.1, 0.15) is 4.90 Å². The van der Waals surface area contributed by atoms with E-state index in [-0.39, 0.29) is 47.2 Å². The molecule has 0 saturated carbocycles. The van der Waals surface area contributed by atoms with Gasteiger partial charge in [-0.3, -0.25) is 9.59 Å². The van der Waals surface area contributed by atoms with Crippen LogP contribution in [0.2, 0.25) is 0 Å². The van der Waals surface area contributed by atoms with Gasteiger partial charge < -0.3 is 15.0 Å². The lowest BCUT2D eigenvalue weighted by atomic mass is 10.1. The van der Waals surface area contributed by atoms with Crippen LogP contribution in [0.3, 0.4) is 0 Å². The standard InChI is InChI=1S/C17H23N3O5S/c1-11-9-19(10-12(2)18-11)16(21)13-4-5-14-15(8-13)26(23,24)20(17(14)22)6-7-25-3/h4-5,8,11-12,18H,6-7,9-10H2,1-3H3/t11-,12-/m1/s1. The largest absolute Gasteiger partial charge is 0.383 e. The van der Waals surface area contributed by atoms with E-state index in [2.05, 4.69) is 5.32 Å². The highest BCUT2D eigenvalue weighted by Crippen LogP contribution is 2.31. The lowest BCUT2D eigenvalue weighted by Gasteiger charge is -2.36. The van der Waals surface area contributed by atoms with E-state index in [1.807, 2.05) is 13.8 Å². The van der Waals surface area contributed by atoms with Crippen LogP contribution in [-0.4, -0.2) is 74.9 Å². The molecule has 1 aromatic carbocycles. The molecule has 2 atom stereocenters. The number of sulfonamides is 1. The molecule has 8 nitrogen and oxygen atoms in total. The smallest absolute Gasteiger partial charge is 0.269 e. The lowest BCUT2D eigenvalue weighted by molar-refractivity contribution is 0.0673. The number of hydrogen-bond donors (Lipinski definition) is 1. The Kier molecular flexibility index (Phi) is 5.05. The Hall–Kier alpha value is -1.97. The van der Waals surface area contributed by atoms with E-state index in [9.17, 15) is 18.0 Å². The number of fused-ring (bicyclic) bond motifs is 1. The van der Waals surface area contributed by atoms with Crippen molar-refractivity contribution in [2.24, 2.45) is 0 Å². The molecule has 1 fully saturated rings. The number of carbonyl (C=O) groups excluding carboxylic acids is 2. The molecule has 2 aliphatic rings. The number of benzene rings is 1. The summed E-state index contributed by atoms with van der Waals surface area (Å²) in [4.78, 5) is 26.8. The molecule has 9 heteroatoms. The molecule has 3 rings (SSSR count). The van der Waals surface area contributed by atoms with Crippen molar-refractivity contribution in [3.8, 4) is 0 Å². The monoisotopic (exact) mass is 381 g/mol. The molecule has 0 radical (unpaired) electrons. The third-order valence-electron chi connectivity index (χ3n) is 4.60. The quantitative estimate of drug-likeness (QED) is 0.806. The number of nitrogens with zero attached hydrogens (tertiary/aromatic N) is 2. The minimum Gasteiger partial charge on any atom is -0.383 e. The van der Waals surface area contributed by atoms with E-state index in [0.29, 0.717) is 13.1 Å². The third-order valence-corrected chi connectivity index (χ3v) is 6.42. The predicted octanol–water partition coefficient (Wildman–Crippen LogP) is 0.300. The van der Waals surface area contributed by atoms with Crippen LogP contribution in [0.1, 0.15) is 34.6 Å². The van der Waals surface area contributed by atoms with Crippen molar-refractivity contribution < 1.29 is 22.7 Å². The van der Waals surface area contributed by atoms with Gasteiger partial charge in [-0.15, -0.1) is 0 Å². The highest BCUT2D eigenvalue weighted by Gasteiger charge is 2.41. The van der Waals surface area contributed by atoms with E-state index in [1.165, 1.54) is 25.3 Å². The molecule has 0 unspecified atom stereocenters. The molecular weight excluding hydrogens is 358 g/mol. The second-order valence-electron chi connectivity index (χ2n) is 6.76. The van der Waals surface area contributed by atoms with Gasteiger partial charge in [0, 0.05) is 37.8 Å². The average Bonchev–Trinajstić information content (AvgIpc) is 2.77. The molecule has 1 saturated heterocycles. The van der Waals surface area contributed by atoms with Gasteiger partial charge in [0.2, 0.25) is 0 Å². The van der Waals surface area contributed by atoms with Gasteiger partial charge >= 0.3 is 0 Å². The summed E-state index contributed by atoms with van der Waals surface area (Å²) in [6.07, 6.45) is 0. The fraction of sp³-hybridized carbons (Fsp3) is 0.529. The fourth-order valence-electron chi connectivity index (χ4n) is 3.48. The number of hydrogen-bond acceptors (Lipinski definition) is 6. The molecule has 2 amide bonds. The molecule has 2 heterocycles. The van der Waals surface area contributed by atoms with Crippen molar-refractivity contribution >= 4 is 21.8 Å². The summed E-state index contributed by atoms with van der Waals surface area (Å²) in [6, 6.07) is 4.57. The number of methoxy groups -OCH3 is 1. The lowest BCUT2D eigenvalue weighted by Crippen LogP contribution is -2.55. The van der Waals surface area contributed by atoms with Crippen LogP contribution in [0.4, 0.5) is 0 Å². The maximum Gasteiger partial charge on any atom is 0.269 e. The molecule has 0 aromatic heterocycles. The average molecular weight is 381 g/mol. The van der Waals surface area contributed by atoms with E-state index in [4.69, 9.17) is 4.74 Å². The molecular formula is C17H23N3O5S. The topological polar surface area (TPSA) is 96.0 Å². The molecule has 26 heavy (non-hydrogen) atoms. The second-order valence-corrected chi connectivity index (χ2v) is 8.60. The Morgan fingerprint density at radius 2 is 1.92 bits per heavy atom. The summed E-state index contributed by atoms with van der Waals surface area (Å²) >= 11 is 0. The SMILES string of the molecule is COCCN1C(=O)c2ccc(C(=O)N3C[C@@H](C)N[C@H](C)C3)cc2S1(=O)=O. The first-order chi connectivity index (χ1) is 12.3. The van der Waals surface area contributed by atoms with E-state index in [1.54, 1.807) is 4.90 Å². The van der Waals surface area contributed by atoms with Crippen LogP contribution in [-0.2, 0) is 14.8 Å². The molecule has 0 bridgehead atoms. The van der Waals surface area contributed by atoms with Crippen molar-refractivity contribution in [3.05, 3.63) is 29.3 Å². The van der Waals surface area contributed by atoms with Gasteiger partial charge in [0.25, 0.3) is 21.8 Å². The van der Waals surface area contributed by atoms with Crippen LogP contribution < -0.4 is 5.32 Å². The van der Waals surface area contributed by atoms with Gasteiger partial charge in [-0.05, 0) is 32.0 Å². The maximum atomic E-state index is 12.8. The first-order valence-electron chi connectivity index (χ1n) is 8.51. The number of piperazine rings is 1.